The quantitative estimate of drug-likeness (QED) is 0.770. The van der Waals surface area contributed by atoms with Gasteiger partial charge in [-0.3, -0.25) is 9.18 Å². The van der Waals surface area contributed by atoms with Gasteiger partial charge in [-0.15, -0.1) is 0 Å². The van der Waals surface area contributed by atoms with Crippen molar-refractivity contribution in [3.8, 4) is 0 Å². The Morgan fingerprint density at radius 1 is 1.38 bits per heavy atom. The first-order chi connectivity index (χ1) is 7.81. The Morgan fingerprint density at radius 3 is 2.94 bits per heavy atom. The van der Waals surface area contributed by atoms with Crippen molar-refractivity contribution in [1.29, 1.82) is 0 Å². The maximum Gasteiger partial charge on any atom is 0.226 e. The first kappa shape index (κ1) is 11.8. The molecule has 2 rings (SSSR count). The number of hydrogen-bond acceptors (Lipinski definition) is 2. The van der Waals surface area contributed by atoms with E-state index in [1.54, 1.807) is 0 Å². The van der Waals surface area contributed by atoms with Crippen molar-refractivity contribution in [2.24, 2.45) is 11.8 Å². The van der Waals surface area contributed by atoms with Crippen LogP contribution in [0.2, 0.25) is 0 Å². The molecule has 0 radical (unpaired) electrons. The van der Waals surface area contributed by atoms with Gasteiger partial charge in [0.15, 0.2) is 0 Å². The molecule has 92 valence electrons. The monoisotopic (exact) mass is 228 g/mol. The molecular weight excluding hydrogens is 207 g/mol. The van der Waals surface area contributed by atoms with Crippen LogP contribution in [0.25, 0.3) is 0 Å². The van der Waals surface area contributed by atoms with E-state index < -0.39 is 0 Å². The third kappa shape index (κ3) is 2.73. The third-order valence-corrected chi connectivity index (χ3v) is 3.69. The zero-order valence-corrected chi connectivity index (χ0v) is 9.75. The Balaban J connectivity index is 1.87. The van der Waals surface area contributed by atoms with Crippen molar-refractivity contribution < 1.29 is 9.18 Å². The molecule has 2 heterocycles. The number of alkyl halides is 1. The molecule has 2 atom stereocenters. The average molecular weight is 228 g/mol. The SMILES string of the molecule is O=C([C@H]1CCCNC1)N1CCC[C@@H](CF)C1. The van der Waals surface area contributed by atoms with Crippen LogP contribution >= 0.6 is 0 Å². The lowest BCUT2D eigenvalue weighted by molar-refractivity contribution is -0.138. The molecule has 0 aromatic carbocycles. The molecule has 3 nitrogen and oxygen atoms in total. The van der Waals surface area contributed by atoms with Gasteiger partial charge in [-0.2, -0.15) is 0 Å². The summed E-state index contributed by atoms with van der Waals surface area (Å²) in [5.41, 5.74) is 0. The van der Waals surface area contributed by atoms with Gasteiger partial charge in [-0.05, 0) is 32.2 Å². The van der Waals surface area contributed by atoms with Gasteiger partial charge in [-0.25, -0.2) is 0 Å². The number of rotatable bonds is 2. The molecule has 0 spiro atoms. The van der Waals surface area contributed by atoms with Crippen molar-refractivity contribution >= 4 is 5.91 Å². The van der Waals surface area contributed by atoms with E-state index in [1.165, 1.54) is 0 Å². The van der Waals surface area contributed by atoms with Crippen LogP contribution in [0.1, 0.15) is 25.7 Å². The summed E-state index contributed by atoms with van der Waals surface area (Å²) in [5, 5.41) is 3.26. The molecule has 4 heteroatoms. The second-order valence-electron chi connectivity index (χ2n) is 4.99. The molecule has 2 fully saturated rings. The topological polar surface area (TPSA) is 32.3 Å². The summed E-state index contributed by atoms with van der Waals surface area (Å²) in [4.78, 5) is 14.1. The number of halogens is 1. The van der Waals surface area contributed by atoms with Gasteiger partial charge in [0.25, 0.3) is 0 Å². The highest BCUT2D eigenvalue weighted by Gasteiger charge is 2.29. The highest BCUT2D eigenvalue weighted by molar-refractivity contribution is 5.79. The minimum Gasteiger partial charge on any atom is -0.342 e. The van der Waals surface area contributed by atoms with Crippen molar-refractivity contribution in [2.75, 3.05) is 32.9 Å². The molecule has 0 aromatic heterocycles. The first-order valence-electron chi connectivity index (χ1n) is 6.36. The predicted octanol–water partition coefficient (Wildman–Crippen LogP) is 1.19. The molecule has 0 aliphatic carbocycles. The first-order valence-corrected chi connectivity index (χ1v) is 6.36. The summed E-state index contributed by atoms with van der Waals surface area (Å²) in [7, 11) is 0. The lowest BCUT2D eigenvalue weighted by atomic mass is 9.94. The molecule has 2 saturated heterocycles. The molecule has 1 amide bonds. The lowest BCUT2D eigenvalue weighted by Crippen LogP contribution is -2.47. The number of nitrogens with zero attached hydrogens (tertiary/aromatic N) is 1. The van der Waals surface area contributed by atoms with Gasteiger partial charge in [0.05, 0.1) is 12.6 Å². The minimum atomic E-state index is -0.285. The summed E-state index contributed by atoms with van der Waals surface area (Å²) in [6.07, 6.45) is 3.96. The van der Waals surface area contributed by atoms with Gasteiger partial charge in [0.2, 0.25) is 5.91 Å². The zero-order chi connectivity index (χ0) is 11.4. The Labute approximate surface area is 96.4 Å². The van der Waals surface area contributed by atoms with Crippen LogP contribution in [0, 0.1) is 11.8 Å². The van der Waals surface area contributed by atoms with Gasteiger partial charge in [0, 0.05) is 25.6 Å². The van der Waals surface area contributed by atoms with Crippen molar-refractivity contribution in [3.63, 3.8) is 0 Å². The molecule has 16 heavy (non-hydrogen) atoms. The largest absolute Gasteiger partial charge is 0.342 e. The summed E-state index contributed by atoms with van der Waals surface area (Å²) in [6, 6.07) is 0. The third-order valence-electron chi connectivity index (χ3n) is 3.69. The van der Waals surface area contributed by atoms with Gasteiger partial charge in [-0.1, -0.05) is 0 Å². The number of carbonyl (C=O) groups is 1. The van der Waals surface area contributed by atoms with Crippen LogP contribution in [0.15, 0.2) is 0 Å². The van der Waals surface area contributed by atoms with Crippen molar-refractivity contribution in [3.05, 3.63) is 0 Å². The highest BCUT2D eigenvalue weighted by atomic mass is 19.1. The van der Waals surface area contributed by atoms with E-state index in [0.29, 0.717) is 6.54 Å². The molecule has 0 saturated carbocycles. The lowest BCUT2D eigenvalue weighted by Gasteiger charge is -2.35. The maximum atomic E-state index is 12.6. The Hall–Kier alpha value is -0.640. The maximum absolute atomic E-state index is 12.6. The van der Waals surface area contributed by atoms with E-state index in [1.807, 2.05) is 4.90 Å². The summed E-state index contributed by atoms with van der Waals surface area (Å²) < 4.78 is 12.6. The smallest absolute Gasteiger partial charge is 0.226 e. The zero-order valence-electron chi connectivity index (χ0n) is 9.75. The number of nitrogens with one attached hydrogen (secondary N) is 1. The van der Waals surface area contributed by atoms with Gasteiger partial charge in [0.1, 0.15) is 0 Å². The van der Waals surface area contributed by atoms with Crippen LogP contribution in [-0.4, -0.2) is 43.7 Å². The van der Waals surface area contributed by atoms with E-state index in [9.17, 15) is 9.18 Å². The number of amides is 1. The Kier molecular flexibility index (Phi) is 4.16. The van der Waals surface area contributed by atoms with Gasteiger partial charge < -0.3 is 10.2 Å². The highest BCUT2D eigenvalue weighted by Crippen LogP contribution is 2.21. The number of carbonyl (C=O) groups excluding carboxylic acids is 1. The van der Waals surface area contributed by atoms with Crippen molar-refractivity contribution in [1.82, 2.24) is 10.2 Å². The fraction of sp³-hybridized carbons (Fsp3) is 0.917. The molecular formula is C12H21FN2O. The fourth-order valence-corrected chi connectivity index (χ4v) is 2.71. The van der Waals surface area contributed by atoms with E-state index in [2.05, 4.69) is 5.32 Å². The van der Waals surface area contributed by atoms with E-state index >= 15 is 0 Å². The van der Waals surface area contributed by atoms with E-state index in [4.69, 9.17) is 0 Å². The summed E-state index contributed by atoms with van der Waals surface area (Å²) >= 11 is 0. The molecule has 1 N–H and O–H groups in total. The number of likely N-dealkylation sites (tertiary alicyclic amines) is 1. The van der Waals surface area contributed by atoms with Crippen LogP contribution < -0.4 is 5.32 Å². The standard InChI is InChI=1S/C12H21FN2O/c13-7-10-3-2-6-15(9-10)12(16)11-4-1-5-14-8-11/h10-11,14H,1-9H2/t10-,11-/m0/s1. The van der Waals surface area contributed by atoms with Gasteiger partial charge >= 0.3 is 0 Å². The molecule has 2 aliphatic heterocycles. The number of piperidine rings is 2. The van der Waals surface area contributed by atoms with Crippen LogP contribution in [0.4, 0.5) is 4.39 Å². The van der Waals surface area contributed by atoms with Crippen LogP contribution in [0.5, 0.6) is 0 Å². The summed E-state index contributed by atoms with van der Waals surface area (Å²) in [5.74, 6) is 0.451. The van der Waals surface area contributed by atoms with Crippen LogP contribution in [0.3, 0.4) is 0 Å². The average Bonchev–Trinajstić information content (AvgIpc) is 2.39. The molecule has 0 bridgehead atoms. The molecule has 0 aromatic rings. The fourth-order valence-electron chi connectivity index (χ4n) is 2.71. The Bertz CT molecular complexity index is 241. The second-order valence-corrected chi connectivity index (χ2v) is 4.99. The van der Waals surface area contributed by atoms with E-state index in [-0.39, 0.29) is 24.4 Å². The van der Waals surface area contributed by atoms with Crippen molar-refractivity contribution in [2.45, 2.75) is 25.7 Å². The van der Waals surface area contributed by atoms with E-state index in [0.717, 1.165) is 45.3 Å². The normalized spacial score (nSPS) is 31.4. The summed E-state index contributed by atoms with van der Waals surface area (Å²) in [6.45, 7) is 3.00. The molecule has 0 unspecified atom stereocenters. The number of hydrogen-bond donors (Lipinski definition) is 1. The van der Waals surface area contributed by atoms with Crippen LogP contribution in [-0.2, 0) is 4.79 Å². The minimum absolute atomic E-state index is 0.0780. The predicted molar refractivity (Wildman–Crippen MR) is 60.9 cm³/mol. The molecule has 2 aliphatic rings. The Morgan fingerprint density at radius 2 is 2.25 bits per heavy atom. The second kappa shape index (κ2) is 5.62.